The normalized spacial score (nSPS) is 23.1. The van der Waals surface area contributed by atoms with E-state index in [0.717, 1.165) is 7.11 Å². The van der Waals surface area contributed by atoms with E-state index in [1.807, 2.05) is 13.1 Å². The molecule has 1 saturated heterocycles. The number of carbonyl (C=O) groups is 2. The molecule has 1 aliphatic heterocycles. The van der Waals surface area contributed by atoms with Gasteiger partial charge in [-0.3, -0.25) is 4.79 Å². The Morgan fingerprint density at radius 2 is 1.90 bits per heavy atom. The minimum atomic E-state index is -2.14. The topological polar surface area (TPSA) is 87.1 Å². The molecule has 0 radical (unpaired) electrons. The molecule has 6 nitrogen and oxygen atoms in total. The van der Waals surface area contributed by atoms with Crippen molar-refractivity contribution in [2.45, 2.75) is 63.6 Å². The van der Waals surface area contributed by atoms with Gasteiger partial charge in [0.05, 0.1) is 13.2 Å². The molecule has 2 N–H and O–H groups in total. The number of methoxy groups -OCH3 is 1. The standard InChI is InChI=1S/C13H25NO5Si/c1-13(2,3)20(5,6)14-8(7-9(14)15)10(16)11(17)12(18)19-4/h8,10-11,16-17H,7H2,1-6H3/t8-,10-,11-/m0/s1. The molecule has 1 aliphatic rings. The van der Waals surface area contributed by atoms with Gasteiger partial charge in [0, 0.05) is 6.42 Å². The van der Waals surface area contributed by atoms with Crippen LogP contribution in [0.2, 0.25) is 18.1 Å². The summed E-state index contributed by atoms with van der Waals surface area (Å²) in [5, 5.41) is 19.8. The van der Waals surface area contributed by atoms with Crippen molar-refractivity contribution in [2.24, 2.45) is 0 Å². The number of hydrogen-bond acceptors (Lipinski definition) is 5. The molecule has 0 saturated carbocycles. The van der Waals surface area contributed by atoms with Gasteiger partial charge in [0.2, 0.25) is 5.91 Å². The fourth-order valence-electron chi connectivity index (χ4n) is 2.27. The Labute approximate surface area is 120 Å². The van der Waals surface area contributed by atoms with Crippen molar-refractivity contribution in [3.05, 3.63) is 0 Å². The first kappa shape index (κ1) is 17.1. The second-order valence-corrected chi connectivity index (χ2v) is 11.9. The zero-order valence-electron chi connectivity index (χ0n) is 13.0. The van der Waals surface area contributed by atoms with Crippen LogP contribution >= 0.6 is 0 Å². The highest BCUT2D eigenvalue weighted by Gasteiger charge is 2.55. The van der Waals surface area contributed by atoms with Gasteiger partial charge >= 0.3 is 5.97 Å². The molecule has 0 spiro atoms. The molecule has 116 valence electrons. The van der Waals surface area contributed by atoms with Gasteiger partial charge in [-0.1, -0.05) is 33.9 Å². The third kappa shape index (κ3) is 2.75. The summed E-state index contributed by atoms with van der Waals surface area (Å²) in [4.78, 5) is 23.3. The maximum atomic E-state index is 12.0. The smallest absolute Gasteiger partial charge is 0.337 e. The Balaban J connectivity index is 2.94. The molecular formula is C13H25NO5Si. The zero-order chi connectivity index (χ0) is 15.9. The number of aliphatic hydroxyl groups excluding tert-OH is 2. The Hall–Kier alpha value is -0.923. The van der Waals surface area contributed by atoms with E-state index < -0.39 is 32.5 Å². The average molecular weight is 303 g/mol. The quantitative estimate of drug-likeness (QED) is 0.448. The van der Waals surface area contributed by atoms with Crippen molar-refractivity contribution >= 4 is 20.1 Å². The molecule has 0 aliphatic carbocycles. The predicted molar refractivity (Wildman–Crippen MR) is 76.5 cm³/mol. The van der Waals surface area contributed by atoms with Crippen LogP contribution < -0.4 is 0 Å². The molecule has 0 aromatic heterocycles. The lowest BCUT2D eigenvalue weighted by molar-refractivity contribution is -0.165. The summed E-state index contributed by atoms with van der Waals surface area (Å²) >= 11 is 0. The fourth-order valence-corrected chi connectivity index (χ4v) is 4.78. The largest absolute Gasteiger partial charge is 0.467 e. The monoisotopic (exact) mass is 303 g/mol. The molecule has 0 unspecified atom stereocenters. The highest BCUT2D eigenvalue weighted by atomic mass is 28.3. The molecule has 0 aromatic carbocycles. The van der Waals surface area contributed by atoms with Crippen molar-refractivity contribution in [1.29, 1.82) is 0 Å². The van der Waals surface area contributed by atoms with Gasteiger partial charge in [-0.05, 0) is 5.04 Å². The minimum Gasteiger partial charge on any atom is -0.467 e. The zero-order valence-corrected chi connectivity index (χ0v) is 14.0. The van der Waals surface area contributed by atoms with Crippen LogP contribution in [-0.2, 0) is 14.3 Å². The van der Waals surface area contributed by atoms with Crippen molar-refractivity contribution in [1.82, 2.24) is 4.57 Å². The van der Waals surface area contributed by atoms with Crippen molar-refractivity contribution in [3.8, 4) is 0 Å². The Morgan fingerprint density at radius 1 is 1.40 bits per heavy atom. The minimum absolute atomic E-state index is 0.0299. The fraction of sp³-hybridized carbons (Fsp3) is 0.846. The number of rotatable bonds is 4. The number of aliphatic hydroxyl groups is 2. The molecule has 7 heteroatoms. The lowest BCUT2D eigenvalue weighted by Crippen LogP contribution is -2.72. The van der Waals surface area contributed by atoms with Crippen LogP contribution in [0.4, 0.5) is 0 Å². The number of nitrogens with zero attached hydrogens (tertiary/aromatic N) is 1. The van der Waals surface area contributed by atoms with E-state index in [-0.39, 0.29) is 17.4 Å². The Kier molecular flexibility index (Phi) is 4.67. The van der Waals surface area contributed by atoms with E-state index >= 15 is 0 Å². The second kappa shape index (κ2) is 5.46. The van der Waals surface area contributed by atoms with Crippen molar-refractivity contribution in [2.75, 3.05) is 7.11 Å². The van der Waals surface area contributed by atoms with Gasteiger partial charge in [-0.2, -0.15) is 0 Å². The maximum absolute atomic E-state index is 12.0. The number of ether oxygens (including phenoxy) is 1. The van der Waals surface area contributed by atoms with Gasteiger partial charge in [0.15, 0.2) is 14.3 Å². The second-order valence-electron chi connectivity index (χ2n) is 6.80. The summed E-state index contributed by atoms with van der Waals surface area (Å²) in [6.07, 6.45) is -2.78. The molecule has 20 heavy (non-hydrogen) atoms. The van der Waals surface area contributed by atoms with E-state index in [2.05, 4.69) is 25.5 Å². The SMILES string of the molecule is COC(=O)[C@@H](O)[C@@H](O)[C@@H]1CC(=O)N1[Si](C)(C)C(C)(C)C. The Morgan fingerprint density at radius 3 is 2.25 bits per heavy atom. The number of hydrogen-bond donors (Lipinski definition) is 2. The van der Waals surface area contributed by atoms with Crippen LogP contribution in [0.15, 0.2) is 0 Å². The summed E-state index contributed by atoms with van der Waals surface area (Å²) in [5.41, 5.74) is 0. The van der Waals surface area contributed by atoms with E-state index in [0.29, 0.717) is 0 Å². The summed E-state index contributed by atoms with van der Waals surface area (Å²) in [5.74, 6) is -0.912. The predicted octanol–water partition coefficient (Wildman–Crippen LogP) is 0.487. The van der Waals surface area contributed by atoms with Crippen molar-refractivity contribution in [3.63, 3.8) is 0 Å². The van der Waals surface area contributed by atoms with E-state index in [4.69, 9.17) is 0 Å². The summed E-state index contributed by atoms with van der Waals surface area (Å²) in [6, 6.07) is -0.516. The van der Waals surface area contributed by atoms with Crippen molar-refractivity contribution < 1.29 is 24.5 Å². The van der Waals surface area contributed by atoms with Crippen LogP contribution in [-0.4, -0.2) is 60.3 Å². The number of esters is 1. The maximum Gasteiger partial charge on any atom is 0.337 e. The first-order valence-electron chi connectivity index (χ1n) is 6.71. The molecular weight excluding hydrogens is 278 g/mol. The van der Waals surface area contributed by atoms with Gasteiger partial charge < -0.3 is 19.5 Å². The highest BCUT2D eigenvalue weighted by Crippen LogP contribution is 2.43. The first-order valence-corrected chi connectivity index (χ1v) is 9.66. The van der Waals surface area contributed by atoms with Crippen LogP contribution in [0.5, 0.6) is 0 Å². The van der Waals surface area contributed by atoms with Gasteiger partial charge in [0.1, 0.15) is 6.10 Å². The summed E-state index contributed by atoms with van der Waals surface area (Å²) in [7, 11) is -0.992. The molecule has 1 fully saturated rings. The highest BCUT2D eigenvalue weighted by molar-refractivity contribution is 6.80. The molecule has 0 aromatic rings. The van der Waals surface area contributed by atoms with E-state index in [1.54, 1.807) is 4.57 Å². The molecule has 1 amide bonds. The van der Waals surface area contributed by atoms with Crippen LogP contribution in [0.1, 0.15) is 27.2 Å². The van der Waals surface area contributed by atoms with Gasteiger partial charge in [-0.25, -0.2) is 4.79 Å². The van der Waals surface area contributed by atoms with Gasteiger partial charge in [0.25, 0.3) is 0 Å². The number of β-lactam (4-membered cyclic amide) rings is 1. The molecule has 0 bridgehead atoms. The summed E-state index contributed by atoms with van der Waals surface area (Å²) in [6.45, 7) is 10.3. The third-order valence-corrected chi connectivity index (χ3v) is 10.0. The lowest BCUT2D eigenvalue weighted by Gasteiger charge is -2.56. The van der Waals surface area contributed by atoms with Crippen LogP contribution in [0, 0.1) is 0 Å². The number of carbonyl (C=O) groups excluding carboxylic acids is 2. The number of amides is 1. The molecule has 3 atom stereocenters. The molecule has 1 heterocycles. The average Bonchev–Trinajstić information content (AvgIpc) is 2.30. The van der Waals surface area contributed by atoms with Crippen LogP contribution in [0.25, 0.3) is 0 Å². The molecule has 1 rings (SSSR count). The Bertz CT molecular complexity index is 404. The van der Waals surface area contributed by atoms with E-state index in [9.17, 15) is 19.8 Å². The lowest BCUT2D eigenvalue weighted by atomic mass is 9.96. The van der Waals surface area contributed by atoms with Crippen LogP contribution in [0.3, 0.4) is 0 Å². The van der Waals surface area contributed by atoms with E-state index in [1.165, 1.54) is 0 Å². The third-order valence-electron chi connectivity index (χ3n) is 4.58. The van der Waals surface area contributed by atoms with Gasteiger partial charge in [-0.15, -0.1) is 0 Å². The first-order chi connectivity index (χ1) is 8.95. The summed E-state index contributed by atoms with van der Waals surface area (Å²) < 4.78 is 6.12.